The van der Waals surface area contributed by atoms with Crippen LogP contribution in [0.5, 0.6) is 0 Å². The molecule has 1 aliphatic carbocycles. The fourth-order valence-electron chi connectivity index (χ4n) is 3.45. The third-order valence-electron chi connectivity index (χ3n) is 3.86. The van der Waals surface area contributed by atoms with Crippen molar-refractivity contribution in [1.29, 1.82) is 0 Å². The molecule has 3 saturated heterocycles. The fraction of sp³-hybridized carbons (Fsp3) is 1.00. The molecule has 3 heterocycles. The fourth-order valence-corrected chi connectivity index (χ4v) is 3.45. The number of rotatable bonds is 0. The molecule has 0 aromatic rings. The van der Waals surface area contributed by atoms with E-state index in [0.29, 0.717) is 5.82 Å². The molecule has 0 spiro atoms. The van der Waals surface area contributed by atoms with Gasteiger partial charge in [0.1, 0.15) is 0 Å². The Morgan fingerprint density at radius 3 is 2.18 bits per heavy atom. The molecule has 0 aromatic carbocycles. The van der Waals surface area contributed by atoms with Gasteiger partial charge in [-0.25, -0.2) is 0 Å². The van der Waals surface area contributed by atoms with Crippen LogP contribution in [-0.4, -0.2) is 32.4 Å². The molecular formula is C9H14BN. The Labute approximate surface area is 69.6 Å². The minimum absolute atomic E-state index is 0.544. The largest absolute Gasteiger partial charge is 0.303 e. The Hall–Kier alpha value is 0.0249. The molecule has 0 amide bonds. The summed E-state index contributed by atoms with van der Waals surface area (Å²) in [7, 11) is 6.14. The number of piperidine rings is 3. The van der Waals surface area contributed by atoms with Crippen LogP contribution in [0.3, 0.4) is 0 Å². The minimum atomic E-state index is 0.544. The van der Waals surface area contributed by atoms with E-state index in [0.717, 1.165) is 17.8 Å². The second-order valence-electron chi connectivity index (χ2n) is 4.65. The molecule has 1 nitrogen and oxygen atoms in total. The summed E-state index contributed by atoms with van der Waals surface area (Å²) >= 11 is 0. The van der Waals surface area contributed by atoms with E-state index in [-0.39, 0.29) is 0 Å². The van der Waals surface area contributed by atoms with Gasteiger partial charge >= 0.3 is 0 Å². The van der Waals surface area contributed by atoms with Crippen molar-refractivity contribution in [2.24, 2.45) is 17.8 Å². The Morgan fingerprint density at radius 1 is 1.00 bits per heavy atom. The lowest BCUT2D eigenvalue weighted by molar-refractivity contribution is -0.0158. The summed E-state index contributed by atoms with van der Waals surface area (Å²) in [5, 5.41) is 0. The number of nitrogens with zero attached hydrogens (tertiary/aromatic N) is 1. The lowest BCUT2D eigenvalue weighted by atomic mass is 9.55. The smallest absolute Gasteiger partial charge is 0.0708 e. The van der Waals surface area contributed by atoms with Crippen LogP contribution in [0.25, 0.3) is 0 Å². The van der Waals surface area contributed by atoms with Crippen molar-refractivity contribution >= 4 is 7.85 Å². The van der Waals surface area contributed by atoms with Crippen LogP contribution in [0.4, 0.5) is 0 Å². The number of hydrogen-bond acceptors (Lipinski definition) is 1. The maximum absolute atomic E-state index is 6.14. The average Bonchev–Trinajstić information content (AvgIpc) is 1.98. The average molecular weight is 147 g/mol. The third-order valence-corrected chi connectivity index (χ3v) is 3.86. The molecule has 4 bridgehead atoms. The van der Waals surface area contributed by atoms with Crippen LogP contribution < -0.4 is 0 Å². The first-order chi connectivity index (χ1) is 5.33. The Bertz CT molecular complexity index is 152. The highest BCUT2D eigenvalue weighted by atomic mass is 15.2. The molecule has 0 N–H and O–H groups in total. The maximum Gasteiger partial charge on any atom is 0.0708 e. The molecule has 2 unspecified atom stereocenters. The summed E-state index contributed by atoms with van der Waals surface area (Å²) in [6.07, 6.45) is 2.85. The molecular weight excluding hydrogens is 133 g/mol. The zero-order valence-electron chi connectivity index (χ0n) is 6.87. The van der Waals surface area contributed by atoms with Crippen molar-refractivity contribution < 1.29 is 0 Å². The molecule has 3 aliphatic heterocycles. The molecule has 58 valence electrons. The van der Waals surface area contributed by atoms with Crippen LogP contribution in [0.2, 0.25) is 5.82 Å². The van der Waals surface area contributed by atoms with Crippen LogP contribution in [0, 0.1) is 17.8 Å². The first-order valence-electron chi connectivity index (χ1n) is 4.81. The molecule has 1 saturated carbocycles. The van der Waals surface area contributed by atoms with Gasteiger partial charge in [0, 0.05) is 19.6 Å². The van der Waals surface area contributed by atoms with Crippen molar-refractivity contribution in [1.82, 2.24) is 4.90 Å². The summed E-state index contributed by atoms with van der Waals surface area (Å²) in [6, 6.07) is 0. The van der Waals surface area contributed by atoms with E-state index < -0.39 is 0 Å². The van der Waals surface area contributed by atoms with Gasteiger partial charge in [0.05, 0.1) is 7.85 Å². The quantitative estimate of drug-likeness (QED) is 0.460. The maximum atomic E-state index is 6.14. The molecule has 4 aliphatic rings. The van der Waals surface area contributed by atoms with Gasteiger partial charge in [-0.05, 0) is 30.6 Å². The summed E-state index contributed by atoms with van der Waals surface area (Å²) in [6.45, 7) is 3.97. The second kappa shape index (κ2) is 2.04. The molecule has 4 rings (SSSR count). The number of hydrogen-bond donors (Lipinski definition) is 0. The summed E-state index contributed by atoms with van der Waals surface area (Å²) in [5.74, 6) is 3.25. The van der Waals surface area contributed by atoms with Crippen molar-refractivity contribution in [2.75, 3.05) is 19.6 Å². The van der Waals surface area contributed by atoms with E-state index in [1.165, 1.54) is 32.5 Å². The third kappa shape index (κ3) is 0.822. The van der Waals surface area contributed by atoms with E-state index in [9.17, 15) is 0 Å². The monoisotopic (exact) mass is 147 g/mol. The van der Waals surface area contributed by atoms with Crippen molar-refractivity contribution in [2.45, 2.75) is 18.7 Å². The van der Waals surface area contributed by atoms with Crippen molar-refractivity contribution in [3.63, 3.8) is 0 Å². The Kier molecular flexibility index (Phi) is 1.21. The van der Waals surface area contributed by atoms with Crippen LogP contribution in [0.1, 0.15) is 12.8 Å². The lowest BCUT2D eigenvalue weighted by Gasteiger charge is -2.55. The normalized spacial score (nSPS) is 60.2. The minimum Gasteiger partial charge on any atom is -0.303 e. The van der Waals surface area contributed by atoms with E-state index in [1.54, 1.807) is 0 Å². The van der Waals surface area contributed by atoms with E-state index in [4.69, 9.17) is 7.85 Å². The van der Waals surface area contributed by atoms with Crippen molar-refractivity contribution in [3.8, 4) is 0 Å². The van der Waals surface area contributed by atoms with Gasteiger partial charge in [-0.2, -0.15) is 0 Å². The molecule has 2 heteroatoms. The zero-order valence-corrected chi connectivity index (χ0v) is 6.87. The van der Waals surface area contributed by atoms with Gasteiger partial charge in [-0.1, -0.05) is 5.82 Å². The molecule has 4 fully saturated rings. The predicted octanol–water partition coefficient (Wildman–Crippen LogP) is 0.915. The molecule has 0 aromatic heterocycles. The summed E-state index contributed by atoms with van der Waals surface area (Å²) in [5.41, 5.74) is 0. The zero-order chi connectivity index (χ0) is 7.42. The molecule has 2 atom stereocenters. The first kappa shape index (κ1) is 6.53. The van der Waals surface area contributed by atoms with Gasteiger partial charge in [-0.15, -0.1) is 0 Å². The second-order valence-corrected chi connectivity index (χ2v) is 4.65. The highest BCUT2D eigenvalue weighted by Crippen LogP contribution is 2.48. The SMILES string of the molecule is [B]C1C2CC3CC1CN(C3)C2. The van der Waals surface area contributed by atoms with Crippen LogP contribution in [-0.2, 0) is 0 Å². The topological polar surface area (TPSA) is 3.24 Å². The van der Waals surface area contributed by atoms with Gasteiger partial charge in [-0.3, -0.25) is 0 Å². The first-order valence-corrected chi connectivity index (χ1v) is 4.81. The van der Waals surface area contributed by atoms with E-state index in [1.807, 2.05) is 0 Å². The molecule has 2 radical (unpaired) electrons. The lowest BCUT2D eigenvalue weighted by Crippen LogP contribution is -2.55. The Morgan fingerprint density at radius 2 is 1.64 bits per heavy atom. The van der Waals surface area contributed by atoms with Crippen molar-refractivity contribution in [3.05, 3.63) is 0 Å². The highest BCUT2D eigenvalue weighted by Gasteiger charge is 2.44. The summed E-state index contributed by atoms with van der Waals surface area (Å²) in [4.78, 5) is 2.62. The van der Waals surface area contributed by atoms with E-state index in [2.05, 4.69) is 4.90 Å². The van der Waals surface area contributed by atoms with Gasteiger partial charge < -0.3 is 4.90 Å². The predicted molar refractivity (Wildman–Crippen MR) is 45.6 cm³/mol. The van der Waals surface area contributed by atoms with Gasteiger partial charge in [0.25, 0.3) is 0 Å². The van der Waals surface area contributed by atoms with Gasteiger partial charge in [0.2, 0.25) is 0 Å². The van der Waals surface area contributed by atoms with Crippen LogP contribution in [0.15, 0.2) is 0 Å². The molecule has 11 heavy (non-hydrogen) atoms. The van der Waals surface area contributed by atoms with E-state index >= 15 is 0 Å². The standard InChI is InChI=1S/C9H14BN/c10-9-7-1-6-2-8(9)5-11(3-6)4-7/h6-9H,1-5H2. The van der Waals surface area contributed by atoms with Gasteiger partial charge in [0.15, 0.2) is 0 Å². The Balaban J connectivity index is 1.91. The van der Waals surface area contributed by atoms with Crippen LogP contribution >= 0.6 is 0 Å². The summed E-state index contributed by atoms with van der Waals surface area (Å²) < 4.78 is 0. The highest BCUT2D eigenvalue weighted by molar-refractivity contribution is 6.12.